The summed E-state index contributed by atoms with van der Waals surface area (Å²) < 4.78 is 0. The molecule has 0 unspecified atom stereocenters. The van der Waals surface area contributed by atoms with Crippen molar-refractivity contribution in [2.75, 3.05) is 23.7 Å². The van der Waals surface area contributed by atoms with Crippen LogP contribution >= 0.6 is 0 Å². The first-order valence-corrected chi connectivity index (χ1v) is 6.81. The lowest BCUT2D eigenvalue weighted by Gasteiger charge is -2.25. The van der Waals surface area contributed by atoms with Crippen molar-refractivity contribution >= 4 is 17.3 Å². The molecule has 1 aromatic heterocycles. The smallest absolute Gasteiger partial charge is 0.311 e. The Kier molecular flexibility index (Phi) is 5.69. The summed E-state index contributed by atoms with van der Waals surface area (Å²) in [7, 11) is 0. The Hall–Kier alpha value is -1.89. The van der Waals surface area contributed by atoms with Crippen LogP contribution in [0.5, 0.6) is 0 Å². The number of aliphatic hydroxyl groups is 1. The molecule has 0 atom stereocenters. The summed E-state index contributed by atoms with van der Waals surface area (Å²) in [4.78, 5) is 14.7. The van der Waals surface area contributed by atoms with Gasteiger partial charge in [0, 0.05) is 19.2 Å². The molecule has 20 heavy (non-hydrogen) atoms. The van der Waals surface area contributed by atoms with Crippen LogP contribution < -0.4 is 10.6 Å². The van der Waals surface area contributed by atoms with Crippen LogP contribution in [0.25, 0.3) is 0 Å². The van der Waals surface area contributed by atoms with Gasteiger partial charge in [-0.3, -0.25) is 10.1 Å². The number of nitrogens with zero attached hydrogens (tertiary/aromatic N) is 2. The van der Waals surface area contributed by atoms with Crippen LogP contribution in [-0.4, -0.2) is 33.7 Å². The van der Waals surface area contributed by atoms with Gasteiger partial charge < -0.3 is 15.7 Å². The molecule has 0 saturated heterocycles. The predicted octanol–water partition coefficient (Wildman–Crippen LogP) is 2.38. The van der Waals surface area contributed by atoms with Crippen LogP contribution in [0.2, 0.25) is 0 Å². The third kappa shape index (κ3) is 4.06. The second kappa shape index (κ2) is 7.04. The number of anilines is 2. The molecule has 0 aliphatic rings. The molecule has 3 N–H and O–H groups in total. The van der Waals surface area contributed by atoms with E-state index >= 15 is 0 Å². The van der Waals surface area contributed by atoms with Gasteiger partial charge in [0.1, 0.15) is 5.82 Å². The van der Waals surface area contributed by atoms with Gasteiger partial charge in [-0.15, -0.1) is 0 Å². The number of hydrogen-bond donors (Lipinski definition) is 3. The molecule has 0 spiro atoms. The second-order valence-corrected chi connectivity index (χ2v) is 4.64. The first kappa shape index (κ1) is 16.2. The fourth-order valence-corrected chi connectivity index (χ4v) is 1.76. The molecule has 112 valence electrons. The average molecular weight is 282 g/mol. The molecule has 7 nitrogen and oxygen atoms in total. The van der Waals surface area contributed by atoms with E-state index in [0.717, 1.165) is 0 Å². The van der Waals surface area contributed by atoms with E-state index < -0.39 is 10.5 Å². The molecule has 0 fully saturated rings. The SMILES string of the molecule is CCNc1ccc([N+](=O)[O-])c(NCC(O)(CC)CC)n1. The maximum Gasteiger partial charge on any atom is 0.311 e. The molecule has 1 heterocycles. The van der Waals surface area contributed by atoms with Crippen molar-refractivity contribution in [3.05, 3.63) is 22.2 Å². The Bertz CT molecular complexity index is 461. The maximum atomic E-state index is 11.0. The van der Waals surface area contributed by atoms with Crippen LogP contribution in [0.3, 0.4) is 0 Å². The summed E-state index contributed by atoms with van der Waals surface area (Å²) in [6.07, 6.45) is 1.13. The van der Waals surface area contributed by atoms with Gasteiger partial charge in [-0.1, -0.05) is 13.8 Å². The van der Waals surface area contributed by atoms with Crippen molar-refractivity contribution in [3.63, 3.8) is 0 Å². The molecule has 7 heteroatoms. The molecule has 0 aliphatic heterocycles. The highest BCUT2D eigenvalue weighted by atomic mass is 16.6. The molecule has 0 bridgehead atoms. The Balaban J connectivity index is 2.95. The largest absolute Gasteiger partial charge is 0.388 e. The standard InChI is InChI=1S/C13H22N4O3/c1-4-13(18,5-2)9-15-12-10(17(19)20)7-8-11(16-12)14-6-3/h7-8,18H,4-6,9H2,1-3H3,(H2,14,15,16). The molecule has 0 saturated carbocycles. The third-order valence-electron chi connectivity index (χ3n) is 3.33. The zero-order valence-corrected chi connectivity index (χ0v) is 12.1. The monoisotopic (exact) mass is 282 g/mol. The highest BCUT2D eigenvalue weighted by Crippen LogP contribution is 2.25. The van der Waals surface area contributed by atoms with Crippen LogP contribution in [0, 0.1) is 10.1 Å². The summed E-state index contributed by atoms with van der Waals surface area (Å²) in [5, 5.41) is 27.1. The Morgan fingerprint density at radius 3 is 2.45 bits per heavy atom. The summed E-state index contributed by atoms with van der Waals surface area (Å²) in [5.41, 5.74) is -0.981. The van der Waals surface area contributed by atoms with Crippen LogP contribution in [0.15, 0.2) is 12.1 Å². The van der Waals surface area contributed by atoms with E-state index in [-0.39, 0.29) is 18.1 Å². The second-order valence-electron chi connectivity index (χ2n) is 4.64. The Morgan fingerprint density at radius 2 is 1.95 bits per heavy atom. The number of aromatic nitrogens is 1. The number of pyridine rings is 1. The fraction of sp³-hybridized carbons (Fsp3) is 0.615. The Morgan fingerprint density at radius 1 is 1.30 bits per heavy atom. The van der Waals surface area contributed by atoms with Gasteiger partial charge in [-0.2, -0.15) is 0 Å². The van der Waals surface area contributed by atoms with Crippen molar-refractivity contribution < 1.29 is 10.0 Å². The van der Waals surface area contributed by atoms with E-state index in [1.54, 1.807) is 6.07 Å². The quantitative estimate of drug-likeness (QED) is 0.500. The van der Waals surface area contributed by atoms with E-state index in [1.807, 2.05) is 20.8 Å². The molecule has 1 aromatic rings. The van der Waals surface area contributed by atoms with E-state index in [1.165, 1.54) is 6.07 Å². The fourth-order valence-electron chi connectivity index (χ4n) is 1.76. The lowest BCUT2D eigenvalue weighted by Crippen LogP contribution is -2.35. The molecule has 0 aromatic carbocycles. The first-order chi connectivity index (χ1) is 9.45. The third-order valence-corrected chi connectivity index (χ3v) is 3.33. The predicted molar refractivity (Wildman–Crippen MR) is 79.1 cm³/mol. The maximum absolute atomic E-state index is 11.0. The number of nitrogens with one attached hydrogen (secondary N) is 2. The van der Waals surface area contributed by atoms with Crippen molar-refractivity contribution in [2.45, 2.75) is 39.2 Å². The minimum atomic E-state index is -0.885. The van der Waals surface area contributed by atoms with Crippen LogP contribution in [0.4, 0.5) is 17.3 Å². The van der Waals surface area contributed by atoms with E-state index in [9.17, 15) is 15.2 Å². The van der Waals surface area contributed by atoms with Gasteiger partial charge in [-0.25, -0.2) is 4.98 Å². The number of rotatable bonds is 8. The van der Waals surface area contributed by atoms with Crippen LogP contribution in [0.1, 0.15) is 33.6 Å². The van der Waals surface area contributed by atoms with Gasteiger partial charge in [0.25, 0.3) is 0 Å². The highest BCUT2D eigenvalue weighted by molar-refractivity contribution is 5.60. The van der Waals surface area contributed by atoms with E-state index in [2.05, 4.69) is 15.6 Å². The minimum absolute atomic E-state index is 0.0961. The lowest BCUT2D eigenvalue weighted by atomic mass is 9.98. The normalized spacial score (nSPS) is 11.2. The minimum Gasteiger partial charge on any atom is -0.388 e. The van der Waals surface area contributed by atoms with Crippen molar-refractivity contribution in [2.24, 2.45) is 0 Å². The Labute approximate surface area is 118 Å². The summed E-state index contributed by atoms with van der Waals surface area (Å²) in [5.74, 6) is 0.742. The zero-order valence-electron chi connectivity index (χ0n) is 12.1. The van der Waals surface area contributed by atoms with Gasteiger partial charge in [0.05, 0.1) is 10.5 Å². The topological polar surface area (TPSA) is 100 Å². The summed E-state index contributed by atoms with van der Waals surface area (Å²) in [6.45, 7) is 6.58. The molecule has 0 aliphatic carbocycles. The van der Waals surface area contributed by atoms with Gasteiger partial charge in [0.2, 0.25) is 5.82 Å². The molecule has 0 radical (unpaired) electrons. The van der Waals surface area contributed by atoms with Gasteiger partial charge in [0.15, 0.2) is 0 Å². The van der Waals surface area contributed by atoms with Crippen molar-refractivity contribution in [3.8, 4) is 0 Å². The van der Waals surface area contributed by atoms with E-state index in [4.69, 9.17) is 0 Å². The lowest BCUT2D eigenvalue weighted by molar-refractivity contribution is -0.384. The van der Waals surface area contributed by atoms with Gasteiger partial charge in [-0.05, 0) is 25.8 Å². The summed E-state index contributed by atoms with van der Waals surface area (Å²) >= 11 is 0. The zero-order chi connectivity index (χ0) is 15.2. The van der Waals surface area contributed by atoms with E-state index in [0.29, 0.717) is 25.2 Å². The first-order valence-electron chi connectivity index (χ1n) is 6.81. The number of nitro groups is 1. The molecule has 1 rings (SSSR count). The molecular formula is C13H22N4O3. The summed E-state index contributed by atoms with van der Waals surface area (Å²) in [6, 6.07) is 2.98. The number of hydrogen-bond acceptors (Lipinski definition) is 6. The van der Waals surface area contributed by atoms with Gasteiger partial charge >= 0.3 is 5.69 Å². The average Bonchev–Trinajstić information content (AvgIpc) is 2.45. The molecule has 0 amide bonds. The van der Waals surface area contributed by atoms with Crippen molar-refractivity contribution in [1.29, 1.82) is 0 Å². The van der Waals surface area contributed by atoms with Crippen molar-refractivity contribution in [1.82, 2.24) is 4.98 Å². The molecular weight excluding hydrogens is 260 g/mol. The highest BCUT2D eigenvalue weighted by Gasteiger charge is 2.24. The van der Waals surface area contributed by atoms with Crippen LogP contribution in [-0.2, 0) is 0 Å².